The molecule has 0 N–H and O–H groups in total. The minimum absolute atomic E-state index is 0.721. The van der Waals surface area contributed by atoms with Crippen molar-refractivity contribution in [1.29, 1.82) is 0 Å². The maximum absolute atomic E-state index is 5.88. The molecule has 0 atom stereocenters. The van der Waals surface area contributed by atoms with Crippen LogP contribution in [0, 0.1) is 0 Å². The van der Waals surface area contributed by atoms with Crippen LogP contribution in [0.25, 0.3) is 22.5 Å². The van der Waals surface area contributed by atoms with Crippen LogP contribution in [0.3, 0.4) is 0 Å². The molecule has 1 aromatic heterocycles. The third-order valence-corrected chi connectivity index (χ3v) is 5.99. The van der Waals surface area contributed by atoms with Gasteiger partial charge in [-0.3, -0.25) is 0 Å². The highest BCUT2D eigenvalue weighted by Crippen LogP contribution is 2.24. The standard InChI is InChI=1S/C30H40N2O2/c1-3-5-7-9-10-12-22-34-29-19-15-26(16-20-29)30-31-23-27(24-32-30)25-13-17-28(18-14-25)33-21-11-8-6-4-2/h13-20,23-24H,3-12,21-22H2,1-2H3. The lowest BCUT2D eigenvalue weighted by molar-refractivity contribution is 0.304. The number of ether oxygens (including phenoxy) is 2. The van der Waals surface area contributed by atoms with Gasteiger partial charge < -0.3 is 9.47 Å². The lowest BCUT2D eigenvalue weighted by atomic mass is 10.1. The highest BCUT2D eigenvalue weighted by molar-refractivity contribution is 5.64. The van der Waals surface area contributed by atoms with E-state index in [1.807, 2.05) is 48.8 Å². The molecule has 4 heteroatoms. The quantitative estimate of drug-likeness (QED) is 0.201. The second-order valence-corrected chi connectivity index (χ2v) is 8.87. The third-order valence-electron chi connectivity index (χ3n) is 5.99. The molecule has 0 spiro atoms. The van der Waals surface area contributed by atoms with Crippen molar-refractivity contribution in [3.05, 3.63) is 60.9 Å². The first-order chi connectivity index (χ1) is 16.8. The molecule has 3 aromatic rings. The zero-order valence-electron chi connectivity index (χ0n) is 21.0. The molecule has 0 aliphatic heterocycles. The van der Waals surface area contributed by atoms with E-state index in [4.69, 9.17) is 9.47 Å². The molecule has 0 radical (unpaired) electrons. The van der Waals surface area contributed by atoms with Crippen molar-refractivity contribution < 1.29 is 9.47 Å². The maximum atomic E-state index is 5.88. The molecule has 2 aromatic carbocycles. The van der Waals surface area contributed by atoms with Crippen molar-refractivity contribution in [2.24, 2.45) is 0 Å². The van der Waals surface area contributed by atoms with Crippen LogP contribution in [0.5, 0.6) is 11.5 Å². The maximum Gasteiger partial charge on any atom is 0.159 e. The summed E-state index contributed by atoms with van der Waals surface area (Å²) in [6, 6.07) is 16.2. The monoisotopic (exact) mass is 460 g/mol. The summed E-state index contributed by atoms with van der Waals surface area (Å²) < 4.78 is 11.7. The Morgan fingerprint density at radius 2 is 0.941 bits per heavy atom. The molecule has 0 aliphatic rings. The average molecular weight is 461 g/mol. The van der Waals surface area contributed by atoms with E-state index in [1.165, 1.54) is 51.4 Å². The Morgan fingerprint density at radius 1 is 0.500 bits per heavy atom. The molecule has 34 heavy (non-hydrogen) atoms. The zero-order chi connectivity index (χ0) is 23.8. The fraction of sp³-hybridized carbons (Fsp3) is 0.467. The largest absolute Gasteiger partial charge is 0.494 e. The van der Waals surface area contributed by atoms with Gasteiger partial charge in [-0.1, -0.05) is 77.3 Å². The van der Waals surface area contributed by atoms with E-state index in [0.29, 0.717) is 0 Å². The lowest BCUT2D eigenvalue weighted by Gasteiger charge is -2.08. The predicted molar refractivity (Wildman–Crippen MR) is 141 cm³/mol. The molecule has 0 aliphatic carbocycles. The fourth-order valence-corrected chi connectivity index (χ4v) is 3.86. The molecule has 3 rings (SSSR count). The molecule has 1 heterocycles. The summed E-state index contributed by atoms with van der Waals surface area (Å²) in [5.74, 6) is 2.54. The van der Waals surface area contributed by atoms with E-state index in [1.54, 1.807) is 0 Å². The van der Waals surface area contributed by atoms with E-state index in [-0.39, 0.29) is 0 Å². The number of aromatic nitrogens is 2. The first-order valence-electron chi connectivity index (χ1n) is 13.1. The van der Waals surface area contributed by atoms with Crippen LogP contribution >= 0.6 is 0 Å². The first-order valence-corrected chi connectivity index (χ1v) is 13.1. The number of hydrogen-bond donors (Lipinski definition) is 0. The highest BCUT2D eigenvalue weighted by Gasteiger charge is 2.05. The molecule has 0 bridgehead atoms. The molecule has 0 fully saturated rings. The Morgan fingerprint density at radius 3 is 1.47 bits per heavy atom. The summed E-state index contributed by atoms with van der Waals surface area (Å²) >= 11 is 0. The van der Waals surface area contributed by atoms with Crippen molar-refractivity contribution in [1.82, 2.24) is 9.97 Å². The Kier molecular flexibility index (Phi) is 11.4. The van der Waals surface area contributed by atoms with Gasteiger partial charge in [-0.15, -0.1) is 0 Å². The van der Waals surface area contributed by atoms with E-state index in [0.717, 1.165) is 60.1 Å². The molecular weight excluding hydrogens is 420 g/mol. The summed E-state index contributed by atoms with van der Waals surface area (Å²) in [6.45, 7) is 6.02. The minimum Gasteiger partial charge on any atom is -0.494 e. The van der Waals surface area contributed by atoms with Crippen LogP contribution in [-0.2, 0) is 0 Å². The van der Waals surface area contributed by atoms with Gasteiger partial charge in [0, 0.05) is 23.5 Å². The molecule has 0 amide bonds. The molecule has 0 saturated carbocycles. The van der Waals surface area contributed by atoms with Crippen LogP contribution in [0.2, 0.25) is 0 Å². The van der Waals surface area contributed by atoms with Crippen LogP contribution in [0.15, 0.2) is 60.9 Å². The van der Waals surface area contributed by atoms with E-state index in [9.17, 15) is 0 Å². The van der Waals surface area contributed by atoms with Gasteiger partial charge in [-0.05, 0) is 54.8 Å². The van der Waals surface area contributed by atoms with Crippen molar-refractivity contribution in [3.8, 4) is 34.0 Å². The van der Waals surface area contributed by atoms with Crippen molar-refractivity contribution in [2.75, 3.05) is 13.2 Å². The summed E-state index contributed by atoms with van der Waals surface area (Å²) in [5, 5.41) is 0. The number of unbranched alkanes of at least 4 members (excludes halogenated alkanes) is 8. The fourth-order valence-electron chi connectivity index (χ4n) is 3.86. The van der Waals surface area contributed by atoms with Crippen LogP contribution < -0.4 is 9.47 Å². The highest BCUT2D eigenvalue weighted by atomic mass is 16.5. The van der Waals surface area contributed by atoms with E-state index >= 15 is 0 Å². The van der Waals surface area contributed by atoms with Gasteiger partial charge in [0.25, 0.3) is 0 Å². The Labute approximate surface area is 205 Å². The average Bonchev–Trinajstić information content (AvgIpc) is 2.89. The summed E-state index contributed by atoms with van der Waals surface area (Å²) in [4.78, 5) is 9.17. The first kappa shape index (κ1) is 25.7. The molecule has 4 nitrogen and oxygen atoms in total. The zero-order valence-corrected chi connectivity index (χ0v) is 21.0. The summed E-state index contributed by atoms with van der Waals surface area (Å²) in [5.41, 5.74) is 3.07. The van der Waals surface area contributed by atoms with E-state index in [2.05, 4.69) is 35.9 Å². The van der Waals surface area contributed by atoms with Gasteiger partial charge >= 0.3 is 0 Å². The van der Waals surface area contributed by atoms with Crippen molar-refractivity contribution >= 4 is 0 Å². The third kappa shape index (κ3) is 8.81. The summed E-state index contributed by atoms with van der Waals surface area (Å²) in [6.07, 6.45) is 16.2. The SMILES string of the molecule is CCCCCCCCOc1ccc(-c2ncc(-c3ccc(OCCCCCC)cc3)cn2)cc1. The van der Waals surface area contributed by atoms with Gasteiger partial charge in [0.05, 0.1) is 13.2 Å². The van der Waals surface area contributed by atoms with E-state index < -0.39 is 0 Å². The molecule has 182 valence electrons. The number of nitrogens with zero attached hydrogens (tertiary/aromatic N) is 2. The number of hydrogen-bond acceptors (Lipinski definition) is 4. The molecule has 0 saturated heterocycles. The topological polar surface area (TPSA) is 44.2 Å². The van der Waals surface area contributed by atoms with Gasteiger partial charge in [-0.2, -0.15) is 0 Å². The minimum atomic E-state index is 0.721. The van der Waals surface area contributed by atoms with Crippen LogP contribution in [-0.4, -0.2) is 23.2 Å². The second-order valence-electron chi connectivity index (χ2n) is 8.87. The Balaban J connectivity index is 1.45. The smallest absolute Gasteiger partial charge is 0.159 e. The van der Waals surface area contributed by atoms with Gasteiger partial charge in [0.2, 0.25) is 0 Å². The Hall–Kier alpha value is -2.88. The van der Waals surface area contributed by atoms with Crippen LogP contribution in [0.4, 0.5) is 0 Å². The second kappa shape index (κ2) is 15.1. The predicted octanol–water partition coefficient (Wildman–Crippen LogP) is 8.51. The van der Waals surface area contributed by atoms with Crippen molar-refractivity contribution in [2.45, 2.75) is 78.1 Å². The Bertz CT molecular complexity index is 922. The molecule has 0 unspecified atom stereocenters. The van der Waals surface area contributed by atoms with Gasteiger partial charge in [0.15, 0.2) is 5.82 Å². The van der Waals surface area contributed by atoms with Gasteiger partial charge in [0.1, 0.15) is 11.5 Å². The number of benzene rings is 2. The lowest BCUT2D eigenvalue weighted by Crippen LogP contribution is -1.97. The molecular formula is C30H40N2O2. The van der Waals surface area contributed by atoms with Crippen LogP contribution in [0.1, 0.15) is 78.1 Å². The summed E-state index contributed by atoms with van der Waals surface area (Å²) in [7, 11) is 0. The normalized spacial score (nSPS) is 10.9. The van der Waals surface area contributed by atoms with Crippen molar-refractivity contribution in [3.63, 3.8) is 0 Å². The van der Waals surface area contributed by atoms with Gasteiger partial charge in [-0.25, -0.2) is 9.97 Å². The number of rotatable bonds is 16.